The fourth-order valence-corrected chi connectivity index (χ4v) is 7.02. The molecule has 0 amide bonds. The maximum Gasteiger partial charge on any atom is 0.0637 e. The summed E-state index contributed by atoms with van der Waals surface area (Å²) in [6, 6.07) is 54.4. The summed E-state index contributed by atoms with van der Waals surface area (Å²) in [7, 11) is 0. The molecule has 6 aromatic rings. The highest BCUT2D eigenvalue weighted by Crippen LogP contribution is 2.64. The van der Waals surface area contributed by atoms with Crippen LogP contribution in [0.1, 0.15) is 11.5 Å². The Morgan fingerprint density at radius 1 is 0.500 bits per heavy atom. The van der Waals surface area contributed by atoms with Crippen LogP contribution in [0.3, 0.4) is 0 Å². The first-order valence-electron chi connectivity index (χ1n) is 15.1. The second-order valence-corrected chi connectivity index (χ2v) is 12.4. The zero-order chi connectivity index (χ0) is 29.5. The van der Waals surface area contributed by atoms with Crippen LogP contribution in [0.25, 0.3) is 44.5 Å². The van der Waals surface area contributed by atoms with Crippen LogP contribution in [0.5, 0.6) is 0 Å². The lowest BCUT2D eigenvalue weighted by atomic mass is 9.93. The molecular weight excluding hydrogens is 551 g/mol. The minimum atomic E-state index is -0.0742. The maximum absolute atomic E-state index is 4.92. The molecule has 2 aliphatic carbocycles. The smallest absolute Gasteiger partial charge is 0.0637 e. The summed E-state index contributed by atoms with van der Waals surface area (Å²) in [4.78, 5) is 0. The molecule has 0 spiro atoms. The van der Waals surface area contributed by atoms with Crippen LogP contribution in [0.2, 0.25) is 0 Å². The summed E-state index contributed by atoms with van der Waals surface area (Å²) in [6.07, 6.45) is 6.54. The number of nitrogens with one attached hydrogen (secondary N) is 1. The second-order valence-electron chi connectivity index (χ2n) is 11.6. The van der Waals surface area contributed by atoms with Crippen molar-refractivity contribution in [2.75, 3.05) is 5.32 Å². The molecule has 210 valence electrons. The Kier molecular flexibility index (Phi) is 6.58. The monoisotopic (exact) mass is 581 g/mol. The number of thiol groups is 1. The van der Waals surface area contributed by atoms with E-state index in [0.717, 1.165) is 16.9 Å². The Bertz CT molecular complexity index is 2040. The summed E-state index contributed by atoms with van der Waals surface area (Å²) >= 11 is 4.92. The van der Waals surface area contributed by atoms with Crippen molar-refractivity contribution >= 4 is 24.0 Å². The third kappa shape index (κ3) is 4.88. The minimum absolute atomic E-state index is 0.0742. The number of anilines is 2. The molecule has 2 atom stereocenters. The summed E-state index contributed by atoms with van der Waals surface area (Å²) in [5, 5.41) is 3.68. The van der Waals surface area contributed by atoms with Crippen molar-refractivity contribution in [1.29, 1.82) is 0 Å². The van der Waals surface area contributed by atoms with Gasteiger partial charge in [-0.05, 0) is 86.5 Å². The third-order valence-electron chi connectivity index (χ3n) is 8.88. The van der Waals surface area contributed by atoms with Gasteiger partial charge in [0, 0.05) is 22.9 Å². The van der Waals surface area contributed by atoms with Crippen LogP contribution in [-0.4, -0.2) is 4.75 Å². The first-order chi connectivity index (χ1) is 21.7. The average Bonchev–Trinajstić information content (AvgIpc) is 3.48. The van der Waals surface area contributed by atoms with Crippen molar-refractivity contribution in [2.24, 2.45) is 0 Å². The van der Waals surface area contributed by atoms with Crippen molar-refractivity contribution in [2.45, 2.75) is 10.7 Å². The highest BCUT2D eigenvalue weighted by molar-refractivity contribution is 7.82. The summed E-state index contributed by atoms with van der Waals surface area (Å²) < 4.78 is -0.0742. The largest absolute Gasteiger partial charge is 0.355 e. The van der Waals surface area contributed by atoms with Crippen molar-refractivity contribution < 1.29 is 0 Å². The van der Waals surface area contributed by atoms with Gasteiger partial charge in [0.15, 0.2) is 0 Å². The standard InChI is InChI=1S/C42H31NS/c44-42-25-9-18-39(42)41(42)31-21-19-30(20-22-31)33-13-8-15-36(27-33)38-28-35(23-24-40(38)43-37-16-5-2-6-17-37)34-14-7-12-32(26-34)29-10-3-1-4-11-29/h1-28,41,43-44H/t41?,42-/m1/s1. The molecule has 2 heteroatoms. The molecule has 0 heterocycles. The van der Waals surface area contributed by atoms with Gasteiger partial charge in [0.05, 0.1) is 4.75 Å². The first kappa shape index (κ1) is 26.6. The number of para-hydroxylation sites is 1. The first-order valence-corrected chi connectivity index (χ1v) is 15.6. The van der Waals surface area contributed by atoms with Gasteiger partial charge in [0.2, 0.25) is 0 Å². The molecule has 1 unspecified atom stereocenters. The Morgan fingerprint density at radius 3 is 1.73 bits per heavy atom. The molecular formula is C42H31NS. The van der Waals surface area contributed by atoms with Gasteiger partial charge in [-0.1, -0.05) is 133 Å². The van der Waals surface area contributed by atoms with Crippen LogP contribution in [0.4, 0.5) is 11.4 Å². The lowest BCUT2D eigenvalue weighted by Gasteiger charge is -2.16. The van der Waals surface area contributed by atoms with E-state index in [9.17, 15) is 0 Å². The maximum atomic E-state index is 4.92. The molecule has 0 aliphatic heterocycles. The molecule has 8 rings (SSSR count). The molecule has 44 heavy (non-hydrogen) atoms. The summed E-state index contributed by atoms with van der Waals surface area (Å²) in [5.41, 5.74) is 14.4. The van der Waals surface area contributed by atoms with E-state index in [-0.39, 0.29) is 4.75 Å². The topological polar surface area (TPSA) is 12.0 Å². The highest BCUT2D eigenvalue weighted by Gasteiger charge is 2.57. The van der Waals surface area contributed by atoms with Gasteiger partial charge in [0.25, 0.3) is 0 Å². The van der Waals surface area contributed by atoms with Crippen molar-refractivity contribution in [1.82, 2.24) is 0 Å². The zero-order valence-electron chi connectivity index (χ0n) is 24.2. The van der Waals surface area contributed by atoms with E-state index >= 15 is 0 Å². The van der Waals surface area contributed by atoms with Gasteiger partial charge in [0.1, 0.15) is 0 Å². The molecule has 0 aromatic heterocycles. The fourth-order valence-electron chi connectivity index (χ4n) is 6.50. The fraction of sp³-hybridized carbons (Fsp3) is 0.0476. The molecule has 1 fully saturated rings. The van der Waals surface area contributed by atoms with E-state index in [1.807, 2.05) is 6.07 Å². The average molecular weight is 582 g/mol. The van der Waals surface area contributed by atoms with E-state index in [4.69, 9.17) is 12.6 Å². The van der Waals surface area contributed by atoms with Crippen LogP contribution >= 0.6 is 12.6 Å². The normalized spacial score (nSPS) is 18.0. The van der Waals surface area contributed by atoms with Gasteiger partial charge in [-0.25, -0.2) is 0 Å². The highest BCUT2D eigenvalue weighted by atomic mass is 32.1. The van der Waals surface area contributed by atoms with Crippen molar-refractivity contribution in [3.05, 3.63) is 181 Å². The predicted molar refractivity (Wildman–Crippen MR) is 190 cm³/mol. The quantitative estimate of drug-likeness (QED) is 0.179. The van der Waals surface area contributed by atoms with Crippen LogP contribution in [-0.2, 0) is 0 Å². The molecule has 0 radical (unpaired) electrons. The Hall–Kier alpha value is -5.05. The molecule has 0 bridgehead atoms. The minimum Gasteiger partial charge on any atom is -0.355 e. The number of hydrogen-bond acceptors (Lipinski definition) is 2. The Labute approximate surface area is 264 Å². The molecule has 0 saturated heterocycles. The number of benzene rings is 6. The molecule has 1 saturated carbocycles. The summed E-state index contributed by atoms with van der Waals surface area (Å²) in [6.45, 7) is 0. The molecule has 1 nitrogen and oxygen atoms in total. The lowest BCUT2D eigenvalue weighted by Crippen LogP contribution is -1.96. The van der Waals surface area contributed by atoms with Crippen LogP contribution < -0.4 is 5.32 Å². The van der Waals surface area contributed by atoms with E-state index < -0.39 is 0 Å². The number of fused-ring (bicyclic) bond motifs is 1. The van der Waals surface area contributed by atoms with Gasteiger partial charge in [-0.15, -0.1) is 0 Å². The number of allylic oxidation sites excluding steroid dienone is 2. The molecule has 2 aliphatic rings. The Balaban J connectivity index is 1.16. The van der Waals surface area contributed by atoms with Crippen LogP contribution in [0, 0.1) is 0 Å². The van der Waals surface area contributed by atoms with E-state index in [0.29, 0.717) is 5.92 Å². The van der Waals surface area contributed by atoms with Gasteiger partial charge >= 0.3 is 0 Å². The number of hydrogen-bond donors (Lipinski definition) is 2. The van der Waals surface area contributed by atoms with Crippen molar-refractivity contribution in [3.63, 3.8) is 0 Å². The summed E-state index contributed by atoms with van der Waals surface area (Å²) in [5.74, 6) is 0.394. The second kappa shape index (κ2) is 10.9. The third-order valence-corrected chi connectivity index (χ3v) is 9.55. The zero-order valence-corrected chi connectivity index (χ0v) is 25.1. The van der Waals surface area contributed by atoms with Crippen LogP contribution in [0.15, 0.2) is 175 Å². The predicted octanol–water partition coefficient (Wildman–Crippen LogP) is 11.4. The van der Waals surface area contributed by atoms with E-state index in [1.165, 1.54) is 50.1 Å². The van der Waals surface area contributed by atoms with Gasteiger partial charge in [-0.3, -0.25) is 0 Å². The van der Waals surface area contributed by atoms with Gasteiger partial charge in [-0.2, -0.15) is 12.6 Å². The molecule has 6 aromatic carbocycles. The van der Waals surface area contributed by atoms with E-state index in [2.05, 4.69) is 169 Å². The van der Waals surface area contributed by atoms with Gasteiger partial charge < -0.3 is 5.32 Å². The number of rotatable bonds is 7. The van der Waals surface area contributed by atoms with E-state index in [1.54, 1.807) is 0 Å². The van der Waals surface area contributed by atoms with Crippen molar-refractivity contribution in [3.8, 4) is 44.5 Å². The molecule has 1 N–H and O–H groups in total. The SMILES string of the molecule is S[C@]12C=CC=C1C2c1ccc(-c2cccc(-c3cc(-c4cccc(-c5ccccc5)c4)ccc3Nc3ccccc3)c2)cc1. The Morgan fingerprint density at radius 2 is 1.05 bits per heavy atom. The lowest BCUT2D eigenvalue weighted by molar-refractivity contribution is 1.06.